The van der Waals surface area contributed by atoms with E-state index in [4.69, 9.17) is 8.83 Å². The largest absolute Gasteiger partial charge is 0.456 e. The van der Waals surface area contributed by atoms with E-state index in [1.165, 1.54) is 27.5 Å². The number of anilines is 3. The summed E-state index contributed by atoms with van der Waals surface area (Å²) in [5.41, 5.74) is 13.6. The van der Waals surface area contributed by atoms with Crippen LogP contribution in [0.1, 0.15) is 0 Å². The van der Waals surface area contributed by atoms with Crippen LogP contribution < -0.4 is 4.90 Å². The summed E-state index contributed by atoms with van der Waals surface area (Å²) in [6.45, 7) is 0. The number of para-hydroxylation sites is 4. The molecule has 3 heteroatoms. The molecule has 0 saturated heterocycles. The van der Waals surface area contributed by atoms with Crippen molar-refractivity contribution < 1.29 is 8.83 Å². The third-order valence-electron chi connectivity index (χ3n) is 10.9. The van der Waals surface area contributed by atoms with E-state index >= 15 is 0 Å². The summed E-state index contributed by atoms with van der Waals surface area (Å²) in [7, 11) is 0. The van der Waals surface area contributed by atoms with Gasteiger partial charge >= 0.3 is 0 Å². The molecule has 9 aromatic carbocycles. The summed E-state index contributed by atoms with van der Waals surface area (Å²) < 4.78 is 12.7. The highest BCUT2D eigenvalue weighted by molar-refractivity contribution is 6.11. The van der Waals surface area contributed by atoms with Gasteiger partial charge in [0.25, 0.3) is 0 Å². The highest BCUT2D eigenvalue weighted by Gasteiger charge is 2.23. The van der Waals surface area contributed by atoms with Gasteiger partial charge in [-0.05, 0) is 87.6 Å². The van der Waals surface area contributed by atoms with Gasteiger partial charge in [-0.25, -0.2) is 0 Å². The Hall–Kier alpha value is -7.36. The van der Waals surface area contributed by atoms with E-state index in [1.54, 1.807) is 0 Å². The van der Waals surface area contributed by atoms with Gasteiger partial charge in [-0.15, -0.1) is 0 Å². The Balaban J connectivity index is 1.18. The van der Waals surface area contributed by atoms with Crippen LogP contribution in [-0.4, -0.2) is 0 Å². The Labute approximate surface area is 317 Å². The van der Waals surface area contributed by atoms with Crippen LogP contribution in [0.2, 0.25) is 0 Å². The van der Waals surface area contributed by atoms with Gasteiger partial charge in [-0.2, -0.15) is 0 Å². The molecule has 0 aliphatic heterocycles. The maximum Gasteiger partial charge on any atom is 0.136 e. The zero-order valence-corrected chi connectivity index (χ0v) is 29.8. The van der Waals surface area contributed by atoms with Crippen molar-refractivity contribution in [3.63, 3.8) is 0 Å². The fourth-order valence-corrected chi connectivity index (χ4v) is 8.39. The fourth-order valence-electron chi connectivity index (χ4n) is 8.39. The molecule has 258 valence electrons. The Morgan fingerprint density at radius 1 is 0.309 bits per heavy atom. The van der Waals surface area contributed by atoms with Gasteiger partial charge in [0.1, 0.15) is 22.3 Å². The first kappa shape index (κ1) is 31.2. The molecule has 0 amide bonds. The molecule has 0 bridgehead atoms. The molecule has 0 spiro atoms. The number of furan rings is 2. The van der Waals surface area contributed by atoms with Crippen LogP contribution in [0.3, 0.4) is 0 Å². The van der Waals surface area contributed by atoms with Crippen molar-refractivity contribution in [2.75, 3.05) is 4.90 Å². The highest BCUT2D eigenvalue weighted by Crippen LogP contribution is 2.48. The molecular weight excluding hydrogens is 671 g/mol. The standard InChI is InChI=1S/C52H33NO2/c1-2-14-34(15-3-1)39-22-12-16-35-17-13-23-44(52(35)39)40-19-5-9-25-47(40)53(37-29-31-50-45(33-37)42-21-7-11-27-49(42)54-50)46-24-8-4-18-38(46)36-28-30-43-41-20-6-10-26-48(41)55-51(43)32-36/h1-33H. The Bertz CT molecular complexity index is 3220. The lowest BCUT2D eigenvalue weighted by atomic mass is 9.90. The van der Waals surface area contributed by atoms with E-state index in [9.17, 15) is 0 Å². The molecule has 0 unspecified atom stereocenters. The Morgan fingerprint density at radius 3 is 1.65 bits per heavy atom. The van der Waals surface area contributed by atoms with Crippen LogP contribution >= 0.6 is 0 Å². The average molecular weight is 704 g/mol. The van der Waals surface area contributed by atoms with Gasteiger partial charge in [-0.1, -0.05) is 146 Å². The minimum Gasteiger partial charge on any atom is -0.456 e. The van der Waals surface area contributed by atoms with Gasteiger partial charge in [-0.3, -0.25) is 0 Å². The summed E-state index contributed by atoms with van der Waals surface area (Å²) in [4.78, 5) is 2.42. The van der Waals surface area contributed by atoms with E-state index in [2.05, 4.69) is 181 Å². The molecule has 11 aromatic rings. The van der Waals surface area contributed by atoms with Gasteiger partial charge in [0, 0.05) is 38.4 Å². The molecule has 0 atom stereocenters. The molecule has 11 rings (SSSR count). The van der Waals surface area contributed by atoms with Gasteiger partial charge < -0.3 is 13.7 Å². The molecular formula is C52H33NO2. The Kier molecular flexibility index (Phi) is 7.17. The summed E-state index contributed by atoms with van der Waals surface area (Å²) in [6.07, 6.45) is 0. The van der Waals surface area contributed by atoms with E-state index in [0.29, 0.717) is 0 Å². The third kappa shape index (κ3) is 5.13. The number of hydrogen-bond acceptors (Lipinski definition) is 3. The van der Waals surface area contributed by atoms with Crippen molar-refractivity contribution in [3.8, 4) is 33.4 Å². The summed E-state index contributed by atoms with van der Waals surface area (Å²) in [5, 5.41) is 6.83. The number of hydrogen-bond donors (Lipinski definition) is 0. The van der Waals surface area contributed by atoms with Crippen molar-refractivity contribution in [2.45, 2.75) is 0 Å². The maximum absolute atomic E-state index is 6.41. The number of rotatable bonds is 6. The van der Waals surface area contributed by atoms with E-state index in [0.717, 1.165) is 77.6 Å². The number of fused-ring (bicyclic) bond motifs is 7. The topological polar surface area (TPSA) is 29.5 Å². The number of nitrogens with zero attached hydrogens (tertiary/aromatic N) is 1. The smallest absolute Gasteiger partial charge is 0.136 e. The summed E-state index contributed by atoms with van der Waals surface area (Å²) >= 11 is 0. The molecule has 55 heavy (non-hydrogen) atoms. The molecule has 3 nitrogen and oxygen atoms in total. The lowest BCUT2D eigenvalue weighted by molar-refractivity contribution is 0.668. The molecule has 0 radical (unpaired) electrons. The van der Waals surface area contributed by atoms with Crippen molar-refractivity contribution in [3.05, 3.63) is 200 Å². The molecule has 0 saturated carbocycles. The van der Waals surface area contributed by atoms with Crippen LogP contribution in [0.4, 0.5) is 17.1 Å². The van der Waals surface area contributed by atoms with Crippen molar-refractivity contribution in [1.29, 1.82) is 0 Å². The summed E-state index contributed by atoms with van der Waals surface area (Å²) in [6, 6.07) is 71.1. The van der Waals surface area contributed by atoms with Gasteiger partial charge in [0.05, 0.1) is 11.4 Å². The fraction of sp³-hybridized carbons (Fsp3) is 0. The van der Waals surface area contributed by atoms with Crippen molar-refractivity contribution >= 4 is 71.7 Å². The quantitative estimate of drug-likeness (QED) is 0.173. The van der Waals surface area contributed by atoms with Crippen LogP contribution in [0.5, 0.6) is 0 Å². The third-order valence-corrected chi connectivity index (χ3v) is 10.9. The molecule has 0 N–H and O–H groups in total. The van der Waals surface area contributed by atoms with Crippen LogP contribution in [0.15, 0.2) is 209 Å². The first-order chi connectivity index (χ1) is 27.3. The van der Waals surface area contributed by atoms with Crippen LogP contribution in [0, 0.1) is 0 Å². The average Bonchev–Trinajstić information content (AvgIpc) is 3.82. The molecule has 0 aliphatic carbocycles. The van der Waals surface area contributed by atoms with Crippen LogP contribution in [0.25, 0.3) is 88.0 Å². The lowest BCUT2D eigenvalue weighted by Gasteiger charge is -2.30. The van der Waals surface area contributed by atoms with E-state index in [1.807, 2.05) is 24.3 Å². The summed E-state index contributed by atoms with van der Waals surface area (Å²) in [5.74, 6) is 0. The molecule has 0 aliphatic rings. The minimum atomic E-state index is 0.864. The molecule has 2 heterocycles. The predicted molar refractivity (Wildman–Crippen MR) is 229 cm³/mol. The normalized spacial score (nSPS) is 11.6. The maximum atomic E-state index is 6.41. The lowest BCUT2D eigenvalue weighted by Crippen LogP contribution is -2.12. The number of benzene rings is 9. The second-order valence-electron chi connectivity index (χ2n) is 14.0. The van der Waals surface area contributed by atoms with Crippen LogP contribution in [-0.2, 0) is 0 Å². The SMILES string of the molecule is c1ccc(-c2cccc3cccc(-c4ccccc4N(c4ccc5oc6ccccc6c5c4)c4ccccc4-c4ccc5c(c4)oc4ccccc45)c23)cc1. The first-order valence-corrected chi connectivity index (χ1v) is 18.7. The monoisotopic (exact) mass is 703 g/mol. The van der Waals surface area contributed by atoms with E-state index < -0.39 is 0 Å². The zero-order chi connectivity index (χ0) is 36.3. The zero-order valence-electron chi connectivity index (χ0n) is 29.8. The molecule has 2 aromatic heterocycles. The van der Waals surface area contributed by atoms with Crippen molar-refractivity contribution in [2.24, 2.45) is 0 Å². The second kappa shape index (κ2) is 12.6. The second-order valence-corrected chi connectivity index (χ2v) is 14.0. The van der Waals surface area contributed by atoms with Gasteiger partial charge in [0.2, 0.25) is 0 Å². The Morgan fingerprint density at radius 2 is 0.873 bits per heavy atom. The van der Waals surface area contributed by atoms with Gasteiger partial charge in [0.15, 0.2) is 0 Å². The highest BCUT2D eigenvalue weighted by atomic mass is 16.3. The minimum absolute atomic E-state index is 0.864. The molecule has 0 fully saturated rings. The van der Waals surface area contributed by atoms with E-state index in [-0.39, 0.29) is 0 Å². The van der Waals surface area contributed by atoms with Crippen molar-refractivity contribution in [1.82, 2.24) is 0 Å². The predicted octanol–water partition coefficient (Wildman–Crippen LogP) is 15.1. The first-order valence-electron chi connectivity index (χ1n) is 18.7.